The maximum absolute atomic E-state index is 12.0. The molecule has 1 aliphatic carbocycles. The van der Waals surface area contributed by atoms with Gasteiger partial charge in [0.25, 0.3) is 0 Å². The molecule has 1 amide bonds. The van der Waals surface area contributed by atoms with Gasteiger partial charge in [0.05, 0.1) is 13.0 Å². The molecule has 164 valence electrons. The molecule has 0 aromatic heterocycles. The summed E-state index contributed by atoms with van der Waals surface area (Å²) in [5.74, 6) is 0.0892. The molecule has 0 aromatic rings. The number of carbonyl (C=O) groups is 2. The fourth-order valence-corrected chi connectivity index (χ4v) is 4.00. The van der Waals surface area contributed by atoms with E-state index in [0.29, 0.717) is 13.2 Å². The summed E-state index contributed by atoms with van der Waals surface area (Å²) in [5.41, 5.74) is 0. The van der Waals surface area contributed by atoms with Crippen molar-refractivity contribution in [3.8, 4) is 0 Å². The first-order valence-corrected chi connectivity index (χ1v) is 12.2. The van der Waals surface area contributed by atoms with Gasteiger partial charge in [0.15, 0.2) is 0 Å². The molecular weight excluding hydrogens is 350 g/mol. The molecule has 4 heteroatoms. The van der Waals surface area contributed by atoms with E-state index in [2.05, 4.69) is 12.2 Å². The van der Waals surface area contributed by atoms with Gasteiger partial charge in [-0.05, 0) is 19.3 Å². The Morgan fingerprint density at radius 1 is 0.786 bits per heavy atom. The molecule has 1 N–H and O–H groups in total. The largest absolute Gasteiger partial charge is 0.466 e. The van der Waals surface area contributed by atoms with Crippen LogP contribution in [0.5, 0.6) is 0 Å². The van der Waals surface area contributed by atoms with Gasteiger partial charge in [0, 0.05) is 12.5 Å². The lowest BCUT2D eigenvalue weighted by molar-refractivity contribution is -0.143. The minimum atomic E-state index is -0.188. The van der Waals surface area contributed by atoms with Crippen LogP contribution in [0.15, 0.2) is 0 Å². The number of ether oxygens (including phenoxy) is 1. The summed E-state index contributed by atoms with van der Waals surface area (Å²) >= 11 is 0. The number of unbranched alkanes of at least 4 members (excludes halogenated alkanes) is 11. The van der Waals surface area contributed by atoms with E-state index in [1.165, 1.54) is 70.6 Å². The Hall–Kier alpha value is -1.06. The molecule has 1 aliphatic rings. The minimum Gasteiger partial charge on any atom is -0.466 e. The van der Waals surface area contributed by atoms with Gasteiger partial charge < -0.3 is 10.1 Å². The third-order valence-electron chi connectivity index (χ3n) is 5.87. The van der Waals surface area contributed by atoms with Gasteiger partial charge in [-0.1, -0.05) is 96.8 Å². The molecule has 0 spiro atoms. The lowest BCUT2D eigenvalue weighted by Gasteiger charge is -2.20. The standard InChI is InChI=1S/C24H45NO3/c1-2-3-4-5-6-7-8-9-10-11-12-16-21-28-23(26)19-20-25-24(27)22-17-14-13-15-18-22/h22H,2-21H2,1H3,(H,25,27). The van der Waals surface area contributed by atoms with E-state index in [0.717, 1.165) is 38.5 Å². The lowest BCUT2D eigenvalue weighted by Crippen LogP contribution is -2.33. The van der Waals surface area contributed by atoms with E-state index >= 15 is 0 Å². The molecule has 1 fully saturated rings. The summed E-state index contributed by atoms with van der Waals surface area (Å²) in [7, 11) is 0. The van der Waals surface area contributed by atoms with E-state index in [4.69, 9.17) is 4.74 Å². The molecule has 4 nitrogen and oxygen atoms in total. The van der Waals surface area contributed by atoms with Crippen molar-refractivity contribution in [2.24, 2.45) is 5.92 Å². The number of rotatable bonds is 17. The van der Waals surface area contributed by atoms with Crippen molar-refractivity contribution in [3.63, 3.8) is 0 Å². The number of nitrogens with one attached hydrogen (secondary N) is 1. The summed E-state index contributed by atoms with van der Waals surface area (Å²) in [6, 6.07) is 0. The maximum atomic E-state index is 12.0. The monoisotopic (exact) mass is 395 g/mol. The molecular formula is C24H45NO3. The Balaban J connectivity index is 1.81. The highest BCUT2D eigenvalue weighted by atomic mass is 16.5. The Morgan fingerprint density at radius 2 is 1.32 bits per heavy atom. The topological polar surface area (TPSA) is 55.4 Å². The predicted molar refractivity (Wildman–Crippen MR) is 116 cm³/mol. The quantitative estimate of drug-likeness (QED) is 0.232. The first kappa shape index (κ1) is 25.0. The Labute approximate surface area is 173 Å². The summed E-state index contributed by atoms with van der Waals surface area (Å²) in [5, 5.41) is 2.89. The zero-order chi connectivity index (χ0) is 20.3. The summed E-state index contributed by atoms with van der Waals surface area (Å²) < 4.78 is 5.27. The zero-order valence-electron chi connectivity index (χ0n) is 18.4. The Kier molecular flexibility index (Phi) is 16.1. The summed E-state index contributed by atoms with van der Waals surface area (Å²) in [4.78, 5) is 23.7. The fraction of sp³-hybridized carbons (Fsp3) is 0.917. The highest BCUT2D eigenvalue weighted by Crippen LogP contribution is 2.23. The van der Waals surface area contributed by atoms with Gasteiger partial charge in [-0.2, -0.15) is 0 Å². The van der Waals surface area contributed by atoms with Gasteiger partial charge >= 0.3 is 5.97 Å². The first-order valence-electron chi connectivity index (χ1n) is 12.2. The van der Waals surface area contributed by atoms with Gasteiger partial charge in [-0.25, -0.2) is 0 Å². The van der Waals surface area contributed by atoms with Crippen molar-refractivity contribution in [2.75, 3.05) is 13.2 Å². The maximum Gasteiger partial charge on any atom is 0.307 e. The molecule has 0 saturated heterocycles. The van der Waals surface area contributed by atoms with Crippen molar-refractivity contribution in [3.05, 3.63) is 0 Å². The second-order valence-corrected chi connectivity index (χ2v) is 8.49. The van der Waals surface area contributed by atoms with Crippen LogP contribution >= 0.6 is 0 Å². The second-order valence-electron chi connectivity index (χ2n) is 8.49. The molecule has 0 bridgehead atoms. The number of hydrogen-bond acceptors (Lipinski definition) is 3. The van der Waals surface area contributed by atoms with Crippen molar-refractivity contribution in [1.82, 2.24) is 5.32 Å². The number of hydrogen-bond donors (Lipinski definition) is 1. The lowest BCUT2D eigenvalue weighted by atomic mass is 9.89. The van der Waals surface area contributed by atoms with Gasteiger partial charge in [-0.3, -0.25) is 9.59 Å². The third kappa shape index (κ3) is 14.0. The summed E-state index contributed by atoms with van der Waals surface area (Å²) in [6.45, 7) is 3.19. The molecule has 0 unspecified atom stereocenters. The first-order chi connectivity index (χ1) is 13.7. The van der Waals surface area contributed by atoms with E-state index in [1.807, 2.05) is 0 Å². The molecule has 0 aromatic carbocycles. The smallest absolute Gasteiger partial charge is 0.307 e. The SMILES string of the molecule is CCCCCCCCCCCCCCOC(=O)CCNC(=O)C1CCCCC1. The number of esters is 1. The minimum absolute atomic E-state index is 0.119. The third-order valence-corrected chi connectivity index (χ3v) is 5.87. The van der Waals surface area contributed by atoms with Gasteiger partial charge in [0.2, 0.25) is 5.91 Å². The Morgan fingerprint density at radius 3 is 1.89 bits per heavy atom. The number of amides is 1. The highest BCUT2D eigenvalue weighted by Gasteiger charge is 2.20. The molecule has 0 heterocycles. The molecule has 0 aliphatic heterocycles. The van der Waals surface area contributed by atoms with Crippen LogP contribution in [-0.2, 0) is 14.3 Å². The van der Waals surface area contributed by atoms with Crippen LogP contribution in [0.3, 0.4) is 0 Å². The molecule has 0 radical (unpaired) electrons. The Bertz CT molecular complexity index is 391. The van der Waals surface area contributed by atoms with E-state index in [9.17, 15) is 9.59 Å². The summed E-state index contributed by atoms with van der Waals surface area (Å²) in [6.07, 6.45) is 21.5. The molecule has 28 heavy (non-hydrogen) atoms. The second kappa shape index (κ2) is 18.0. The van der Waals surface area contributed by atoms with Crippen LogP contribution in [0.1, 0.15) is 122 Å². The van der Waals surface area contributed by atoms with Crippen LogP contribution in [0.2, 0.25) is 0 Å². The molecule has 1 rings (SSSR count). The predicted octanol–water partition coefficient (Wildman–Crippen LogP) is 6.32. The number of carbonyl (C=O) groups excluding carboxylic acids is 2. The van der Waals surface area contributed by atoms with Gasteiger partial charge in [-0.15, -0.1) is 0 Å². The average Bonchev–Trinajstić information content (AvgIpc) is 2.72. The van der Waals surface area contributed by atoms with Crippen LogP contribution < -0.4 is 5.32 Å². The van der Waals surface area contributed by atoms with Crippen molar-refractivity contribution in [1.29, 1.82) is 0 Å². The molecule has 1 saturated carbocycles. The van der Waals surface area contributed by atoms with Crippen LogP contribution in [0.25, 0.3) is 0 Å². The van der Waals surface area contributed by atoms with Gasteiger partial charge in [0.1, 0.15) is 0 Å². The highest BCUT2D eigenvalue weighted by molar-refractivity contribution is 5.79. The van der Waals surface area contributed by atoms with E-state index in [-0.39, 0.29) is 24.2 Å². The van der Waals surface area contributed by atoms with E-state index < -0.39 is 0 Å². The van der Waals surface area contributed by atoms with Crippen molar-refractivity contribution < 1.29 is 14.3 Å². The average molecular weight is 396 g/mol. The van der Waals surface area contributed by atoms with Crippen molar-refractivity contribution in [2.45, 2.75) is 122 Å². The fourth-order valence-electron chi connectivity index (χ4n) is 4.00. The zero-order valence-corrected chi connectivity index (χ0v) is 18.4. The van der Waals surface area contributed by atoms with Crippen LogP contribution in [-0.4, -0.2) is 25.0 Å². The van der Waals surface area contributed by atoms with E-state index in [1.54, 1.807) is 0 Å². The van der Waals surface area contributed by atoms with Crippen molar-refractivity contribution >= 4 is 11.9 Å². The normalized spacial score (nSPS) is 14.8. The van der Waals surface area contributed by atoms with Crippen LogP contribution in [0, 0.1) is 5.92 Å². The molecule has 0 atom stereocenters. The van der Waals surface area contributed by atoms with Crippen LogP contribution in [0.4, 0.5) is 0 Å².